The summed E-state index contributed by atoms with van der Waals surface area (Å²) >= 11 is 0. The molecule has 0 saturated carbocycles. The zero-order valence-corrected chi connectivity index (χ0v) is 10.2. The first-order valence-electron chi connectivity index (χ1n) is 5.39. The fourth-order valence-electron chi connectivity index (χ4n) is 1.59. The molecule has 2 rings (SSSR count). The minimum atomic E-state index is -0.0953. The third-order valence-corrected chi connectivity index (χ3v) is 2.51. The van der Waals surface area contributed by atoms with Gasteiger partial charge in [-0.05, 0) is 24.3 Å². The van der Waals surface area contributed by atoms with E-state index in [1.165, 1.54) is 11.1 Å². The summed E-state index contributed by atoms with van der Waals surface area (Å²) in [6.45, 7) is 0. The lowest BCUT2D eigenvalue weighted by Gasteiger charge is -2.10. The lowest BCUT2D eigenvalue weighted by atomic mass is 10.2. The Morgan fingerprint density at radius 2 is 2.17 bits per heavy atom. The SMILES string of the molecule is CN(C)C(=O)c1ccc(-n2cccc2C#N)nc1. The van der Waals surface area contributed by atoms with Gasteiger partial charge in [-0.1, -0.05) is 0 Å². The largest absolute Gasteiger partial charge is 0.345 e. The van der Waals surface area contributed by atoms with Gasteiger partial charge in [0.2, 0.25) is 0 Å². The fraction of sp³-hybridized carbons (Fsp3) is 0.154. The third kappa shape index (κ3) is 2.09. The normalized spacial score (nSPS) is 9.83. The Labute approximate surface area is 105 Å². The number of pyridine rings is 1. The standard InChI is InChI=1S/C13H12N4O/c1-16(2)13(18)10-5-6-12(15-9-10)17-7-3-4-11(17)8-14/h3-7,9H,1-2H3. The quantitative estimate of drug-likeness (QED) is 0.798. The van der Waals surface area contributed by atoms with Gasteiger partial charge in [0.1, 0.15) is 17.6 Å². The van der Waals surface area contributed by atoms with Gasteiger partial charge in [-0.3, -0.25) is 9.36 Å². The number of amides is 1. The van der Waals surface area contributed by atoms with E-state index in [1.807, 2.05) is 0 Å². The summed E-state index contributed by atoms with van der Waals surface area (Å²) in [5, 5.41) is 8.92. The first-order valence-corrected chi connectivity index (χ1v) is 5.39. The number of carbonyl (C=O) groups excluding carboxylic acids is 1. The number of nitriles is 1. The Balaban J connectivity index is 2.34. The van der Waals surface area contributed by atoms with Crippen LogP contribution in [0, 0.1) is 11.3 Å². The van der Waals surface area contributed by atoms with Crippen molar-refractivity contribution in [3.05, 3.63) is 47.9 Å². The van der Waals surface area contributed by atoms with Crippen LogP contribution in [0.3, 0.4) is 0 Å². The average molecular weight is 240 g/mol. The number of aromatic nitrogens is 2. The van der Waals surface area contributed by atoms with Crippen molar-refractivity contribution in [3.63, 3.8) is 0 Å². The van der Waals surface area contributed by atoms with Crippen molar-refractivity contribution in [2.24, 2.45) is 0 Å². The summed E-state index contributed by atoms with van der Waals surface area (Å²) in [5.41, 5.74) is 1.03. The predicted octanol–water partition coefficient (Wildman–Crippen LogP) is 1.45. The zero-order valence-electron chi connectivity index (χ0n) is 10.2. The molecular weight excluding hydrogens is 228 g/mol. The number of nitrogens with zero attached hydrogens (tertiary/aromatic N) is 4. The second-order valence-electron chi connectivity index (χ2n) is 3.98. The maximum absolute atomic E-state index is 11.7. The maximum atomic E-state index is 11.7. The highest BCUT2D eigenvalue weighted by Crippen LogP contribution is 2.11. The lowest BCUT2D eigenvalue weighted by Crippen LogP contribution is -2.21. The zero-order chi connectivity index (χ0) is 13.1. The highest BCUT2D eigenvalue weighted by atomic mass is 16.2. The Kier molecular flexibility index (Phi) is 3.11. The number of hydrogen-bond donors (Lipinski definition) is 0. The van der Waals surface area contributed by atoms with Crippen molar-refractivity contribution < 1.29 is 4.79 Å². The molecule has 2 aromatic rings. The highest BCUT2D eigenvalue weighted by Gasteiger charge is 2.09. The minimum Gasteiger partial charge on any atom is -0.345 e. The Morgan fingerprint density at radius 1 is 1.39 bits per heavy atom. The van der Waals surface area contributed by atoms with Gasteiger partial charge in [0.25, 0.3) is 5.91 Å². The van der Waals surface area contributed by atoms with Gasteiger partial charge in [-0.25, -0.2) is 4.98 Å². The Morgan fingerprint density at radius 3 is 2.72 bits per heavy atom. The molecule has 0 N–H and O–H groups in total. The number of hydrogen-bond acceptors (Lipinski definition) is 3. The molecular formula is C13H12N4O. The van der Waals surface area contributed by atoms with Gasteiger partial charge in [0.15, 0.2) is 0 Å². The first-order chi connectivity index (χ1) is 8.63. The van der Waals surface area contributed by atoms with Gasteiger partial charge < -0.3 is 4.90 Å². The smallest absolute Gasteiger partial charge is 0.254 e. The van der Waals surface area contributed by atoms with E-state index in [-0.39, 0.29) is 5.91 Å². The first kappa shape index (κ1) is 11.9. The molecule has 0 bridgehead atoms. The van der Waals surface area contributed by atoms with Crippen LogP contribution in [0.4, 0.5) is 0 Å². The number of carbonyl (C=O) groups is 1. The molecule has 1 amide bonds. The van der Waals surface area contributed by atoms with Crippen molar-refractivity contribution >= 4 is 5.91 Å². The van der Waals surface area contributed by atoms with E-state index in [0.29, 0.717) is 17.1 Å². The third-order valence-electron chi connectivity index (χ3n) is 2.51. The van der Waals surface area contributed by atoms with E-state index in [0.717, 1.165) is 0 Å². The topological polar surface area (TPSA) is 61.9 Å². The number of rotatable bonds is 2. The Hall–Kier alpha value is -2.61. The summed E-state index contributed by atoms with van der Waals surface area (Å²) < 4.78 is 1.67. The fourth-order valence-corrected chi connectivity index (χ4v) is 1.59. The van der Waals surface area contributed by atoms with Crippen LogP contribution < -0.4 is 0 Å². The van der Waals surface area contributed by atoms with Crippen LogP contribution in [0.15, 0.2) is 36.7 Å². The van der Waals surface area contributed by atoms with Crippen LogP contribution in [0.5, 0.6) is 0 Å². The van der Waals surface area contributed by atoms with E-state index in [1.54, 1.807) is 49.1 Å². The summed E-state index contributed by atoms with van der Waals surface area (Å²) in [5.74, 6) is 0.522. The van der Waals surface area contributed by atoms with Crippen LogP contribution in [0.25, 0.3) is 5.82 Å². The molecule has 0 aliphatic rings. The molecule has 0 radical (unpaired) electrons. The van der Waals surface area contributed by atoms with Crippen molar-refractivity contribution in [1.82, 2.24) is 14.5 Å². The molecule has 5 heteroatoms. The van der Waals surface area contributed by atoms with Gasteiger partial charge in [-0.15, -0.1) is 0 Å². The van der Waals surface area contributed by atoms with Crippen molar-refractivity contribution in [2.45, 2.75) is 0 Å². The highest BCUT2D eigenvalue weighted by molar-refractivity contribution is 5.93. The second-order valence-corrected chi connectivity index (χ2v) is 3.98. The van der Waals surface area contributed by atoms with Crippen LogP contribution in [0.1, 0.15) is 16.1 Å². The van der Waals surface area contributed by atoms with Crippen LogP contribution >= 0.6 is 0 Å². The molecule has 0 atom stereocenters. The van der Waals surface area contributed by atoms with Gasteiger partial charge in [0, 0.05) is 26.5 Å². The molecule has 0 aliphatic heterocycles. The molecule has 2 aromatic heterocycles. The van der Waals surface area contributed by atoms with E-state index < -0.39 is 0 Å². The summed E-state index contributed by atoms with van der Waals surface area (Å²) in [6.07, 6.45) is 3.27. The van der Waals surface area contributed by atoms with E-state index >= 15 is 0 Å². The van der Waals surface area contributed by atoms with Crippen LogP contribution in [-0.4, -0.2) is 34.5 Å². The molecule has 0 spiro atoms. The van der Waals surface area contributed by atoms with Crippen LogP contribution in [0.2, 0.25) is 0 Å². The molecule has 2 heterocycles. The molecule has 0 fully saturated rings. The average Bonchev–Trinajstić information content (AvgIpc) is 2.86. The summed E-state index contributed by atoms with van der Waals surface area (Å²) in [7, 11) is 3.38. The summed E-state index contributed by atoms with van der Waals surface area (Å²) in [4.78, 5) is 17.4. The van der Waals surface area contributed by atoms with Gasteiger partial charge in [0.05, 0.1) is 5.56 Å². The van der Waals surface area contributed by atoms with E-state index in [2.05, 4.69) is 11.1 Å². The van der Waals surface area contributed by atoms with Crippen molar-refractivity contribution in [1.29, 1.82) is 5.26 Å². The molecule has 0 aromatic carbocycles. The van der Waals surface area contributed by atoms with Crippen molar-refractivity contribution in [3.8, 4) is 11.9 Å². The molecule has 18 heavy (non-hydrogen) atoms. The van der Waals surface area contributed by atoms with Crippen LogP contribution in [-0.2, 0) is 0 Å². The Bertz CT molecular complexity index is 605. The second kappa shape index (κ2) is 4.72. The molecule has 90 valence electrons. The molecule has 5 nitrogen and oxygen atoms in total. The predicted molar refractivity (Wildman–Crippen MR) is 66.3 cm³/mol. The molecule has 0 saturated heterocycles. The van der Waals surface area contributed by atoms with Gasteiger partial charge >= 0.3 is 0 Å². The minimum absolute atomic E-state index is 0.0953. The van der Waals surface area contributed by atoms with E-state index in [4.69, 9.17) is 5.26 Å². The maximum Gasteiger partial charge on any atom is 0.254 e. The van der Waals surface area contributed by atoms with Crippen molar-refractivity contribution in [2.75, 3.05) is 14.1 Å². The van der Waals surface area contributed by atoms with Gasteiger partial charge in [-0.2, -0.15) is 5.26 Å². The van der Waals surface area contributed by atoms with E-state index in [9.17, 15) is 4.79 Å². The lowest BCUT2D eigenvalue weighted by molar-refractivity contribution is 0.0827. The summed E-state index contributed by atoms with van der Waals surface area (Å²) in [6, 6.07) is 8.98. The molecule has 0 aliphatic carbocycles. The molecule has 0 unspecified atom stereocenters. The monoisotopic (exact) mass is 240 g/mol.